The molecule has 0 aliphatic heterocycles. The third-order valence-corrected chi connectivity index (χ3v) is 5.65. The van der Waals surface area contributed by atoms with E-state index in [0.29, 0.717) is 20.7 Å². The molecule has 0 aliphatic carbocycles. The van der Waals surface area contributed by atoms with Gasteiger partial charge in [0.25, 0.3) is 0 Å². The first-order valence-electron chi connectivity index (χ1n) is 4.01. The lowest BCUT2D eigenvalue weighted by Crippen LogP contribution is -2.06. The molecule has 82 valence electrons. The molecule has 7 heteroatoms. The van der Waals surface area contributed by atoms with Gasteiger partial charge in [-0.1, -0.05) is 0 Å². The number of nitriles is 1. The molecular weight excluding hydrogens is 235 g/mol. The number of rotatable bonds is 3. The second-order valence-corrected chi connectivity index (χ2v) is 6.27. The maximum atomic E-state index is 12.1. The van der Waals surface area contributed by atoms with Crippen LogP contribution in [0, 0.1) is 18.3 Å². The molecule has 0 spiro atoms. The van der Waals surface area contributed by atoms with Crippen molar-refractivity contribution in [3.63, 3.8) is 0 Å². The van der Waals surface area contributed by atoms with Crippen molar-refractivity contribution in [2.45, 2.75) is 6.92 Å². The molecular formula is C8H11N2O3PS. The van der Waals surface area contributed by atoms with E-state index in [1.54, 1.807) is 6.92 Å². The van der Waals surface area contributed by atoms with Crippen molar-refractivity contribution < 1.29 is 13.6 Å². The smallest absolute Gasteiger partial charge is 0.371 e. The molecule has 0 fully saturated rings. The van der Waals surface area contributed by atoms with E-state index in [1.165, 1.54) is 14.2 Å². The summed E-state index contributed by atoms with van der Waals surface area (Å²) in [6, 6.07) is 1.96. The molecule has 0 aliphatic rings. The Hall–Kier alpha value is -0.860. The molecule has 0 saturated heterocycles. The van der Waals surface area contributed by atoms with E-state index in [-0.39, 0.29) is 0 Å². The molecule has 2 N–H and O–H groups in total. The normalized spacial score (nSPS) is 11.3. The van der Waals surface area contributed by atoms with Gasteiger partial charge in [-0.05, 0) is 12.5 Å². The minimum Gasteiger partial charge on any atom is -0.389 e. The van der Waals surface area contributed by atoms with E-state index in [0.717, 1.165) is 11.3 Å². The van der Waals surface area contributed by atoms with Crippen LogP contribution in [-0.4, -0.2) is 14.2 Å². The van der Waals surface area contributed by atoms with Gasteiger partial charge in [0.15, 0.2) is 0 Å². The van der Waals surface area contributed by atoms with Crippen molar-refractivity contribution in [2.24, 2.45) is 0 Å². The van der Waals surface area contributed by atoms with Crippen LogP contribution in [0.1, 0.15) is 11.1 Å². The number of nitrogens with two attached hydrogens (primary N) is 1. The predicted octanol–water partition coefficient (Wildman–Crippen LogP) is 1.62. The first-order valence-corrected chi connectivity index (χ1v) is 6.37. The van der Waals surface area contributed by atoms with E-state index in [1.807, 2.05) is 6.07 Å². The van der Waals surface area contributed by atoms with Crippen molar-refractivity contribution in [2.75, 3.05) is 20.0 Å². The Morgan fingerprint density at radius 1 is 1.47 bits per heavy atom. The Kier molecular flexibility index (Phi) is 3.53. The lowest BCUT2D eigenvalue weighted by Gasteiger charge is -2.12. The van der Waals surface area contributed by atoms with Crippen molar-refractivity contribution in [3.05, 3.63) is 11.1 Å². The second-order valence-electron chi connectivity index (χ2n) is 2.75. The summed E-state index contributed by atoms with van der Waals surface area (Å²) in [7, 11) is -0.708. The third-order valence-electron chi connectivity index (χ3n) is 1.99. The standard InChI is InChI=1S/C8H11N2O3PS/c1-5-6(4-9)7(10)15-8(5)14(11,12-2)13-3/h10H2,1-3H3. The van der Waals surface area contributed by atoms with Gasteiger partial charge in [0.05, 0.1) is 5.56 Å². The van der Waals surface area contributed by atoms with Crippen molar-refractivity contribution in [1.29, 1.82) is 5.26 Å². The lowest BCUT2D eigenvalue weighted by atomic mass is 10.2. The minimum atomic E-state index is -3.30. The zero-order valence-corrected chi connectivity index (χ0v) is 10.3. The molecule has 0 unspecified atom stereocenters. The second kappa shape index (κ2) is 4.33. The summed E-state index contributed by atoms with van der Waals surface area (Å²) in [5.74, 6) is 0. The average Bonchev–Trinajstić information content (AvgIpc) is 2.53. The van der Waals surface area contributed by atoms with Gasteiger partial charge in [-0.3, -0.25) is 4.57 Å². The maximum Gasteiger partial charge on any atom is 0.371 e. The predicted molar refractivity (Wildman–Crippen MR) is 59.4 cm³/mol. The number of nitrogen functional groups attached to an aromatic ring is 1. The van der Waals surface area contributed by atoms with Crippen molar-refractivity contribution in [3.8, 4) is 6.07 Å². The Bertz CT molecular complexity index is 455. The fourth-order valence-electron chi connectivity index (χ4n) is 1.16. The SMILES string of the molecule is COP(=O)(OC)c1sc(N)c(C#N)c1C. The molecule has 0 aromatic carbocycles. The van der Waals surface area contributed by atoms with Gasteiger partial charge < -0.3 is 14.8 Å². The third kappa shape index (κ3) is 1.92. The first-order chi connectivity index (χ1) is 7.00. The number of hydrogen-bond acceptors (Lipinski definition) is 6. The fourth-order valence-corrected chi connectivity index (χ4v) is 4.12. The van der Waals surface area contributed by atoms with Crippen LogP contribution < -0.4 is 10.4 Å². The van der Waals surface area contributed by atoms with Crippen LogP contribution in [-0.2, 0) is 13.6 Å². The molecule has 0 atom stereocenters. The summed E-state index contributed by atoms with van der Waals surface area (Å²) in [6.45, 7) is 1.67. The number of nitrogens with zero attached hydrogens (tertiary/aromatic N) is 1. The summed E-state index contributed by atoms with van der Waals surface area (Å²) in [4.78, 5) is 0. The molecule has 0 saturated carbocycles. The monoisotopic (exact) mass is 246 g/mol. The summed E-state index contributed by atoms with van der Waals surface area (Å²) in [5, 5.41) is 9.16. The van der Waals surface area contributed by atoms with Crippen LogP contribution in [0.25, 0.3) is 0 Å². The Balaban J connectivity index is 3.41. The van der Waals surface area contributed by atoms with Crippen LogP contribution >= 0.6 is 18.9 Å². The van der Waals surface area contributed by atoms with Gasteiger partial charge in [-0.2, -0.15) is 5.26 Å². The molecule has 1 heterocycles. The van der Waals surface area contributed by atoms with Gasteiger partial charge in [0.1, 0.15) is 15.7 Å². The van der Waals surface area contributed by atoms with Crippen LogP contribution in [0.3, 0.4) is 0 Å². The van der Waals surface area contributed by atoms with Crippen LogP contribution in [0.2, 0.25) is 0 Å². The van der Waals surface area contributed by atoms with E-state index in [9.17, 15) is 4.57 Å². The molecule has 1 aromatic rings. The molecule has 0 radical (unpaired) electrons. The lowest BCUT2D eigenvalue weighted by molar-refractivity contribution is 0.288. The highest BCUT2D eigenvalue weighted by Crippen LogP contribution is 2.49. The highest BCUT2D eigenvalue weighted by Gasteiger charge is 2.31. The summed E-state index contributed by atoms with van der Waals surface area (Å²) in [6.07, 6.45) is 0. The first kappa shape index (κ1) is 12.2. The zero-order chi connectivity index (χ0) is 11.6. The summed E-state index contributed by atoms with van der Waals surface area (Å²) < 4.78 is 22.1. The summed E-state index contributed by atoms with van der Waals surface area (Å²) in [5.41, 5.74) is 6.52. The van der Waals surface area contributed by atoms with Crippen LogP contribution in [0.4, 0.5) is 5.00 Å². The van der Waals surface area contributed by atoms with Gasteiger partial charge in [0.2, 0.25) is 0 Å². The van der Waals surface area contributed by atoms with Crippen LogP contribution in [0.15, 0.2) is 0 Å². The molecule has 5 nitrogen and oxygen atoms in total. The molecule has 1 rings (SSSR count). The quantitative estimate of drug-likeness (QED) is 0.819. The number of anilines is 1. The summed E-state index contributed by atoms with van der Waals surface area (Å²) >= 11 is 1.06. The zero-order valence-electron chi connectivity index (χ0n) is 8.60. The molecule has 15 heavy (non-hydrogen) atoms. The van der Waals surface area contributed by atoms with Crippen LogP contribution in [0.5, 0.6) is 0 Å². The van der Waals surface area contributed by atoms with E-state index < -0.39 is 7.60 Å². The van der Waals surface area contributed by atoms with E-state index >= 15 is 0 Å². The van der Waals surface area contributed by atoms with Gasteiger partial charge >= 0.3 is 7.60 Å². The molecule has 0 bridgehead atoms. The number of hydrogen-bond donors (Lipinski definition) is 1. The average molecular weight is 246 g/mol. The molecule has 0 amide bonds. The number of thiophene rings is 1. The highest BCUT2D eigenvalue weighted by atomic mass is 32.1. The molecule has 1 aromatic heterocycles. The van der Waals surface area contributed by atoms with E-state index in [2.05, 4.69) is 0 Å². The Labute approximate surface area is 92.0 Å². The Morgan fingerprint density at radius 3 is 2.33 bits per heavy atom. The van der Waals surface area contributed by atoms with Crippen molar-refractivity contribution >= 4 is 28.6 Å². The largest absolute Gasteiger partial charge is 0.389 e. The van der Waals surface area contributed by atoms with Gasteiger partial charge in [-0.25, -0.2) is 0 Å². The highest BCUT2D eigenvalue weighted by molar-refractivity contribution is 7.69. The van der Waals surface area contributed by atoms with E-state index in [4.69, 9.17) is 20.0 Å². The maximum absolute atomic E-state index is 12.1. The minimum absolute atomic E-state index is 0.333. The Morgan fingerprint density at radius 2 is 2.00 bits per heavy atom. The van der Waals surface area contributed by atoms with Gasteiger partial charge in [-0.15, -0.1) is 11.3 Å². The fraction of sp³-hybridized carbons (Fsp3) is 0.375. The topological polar surface area (TPSA) is 85.3 Å². The van der Waals surface area contributed by atoms with Gasteiger partial charge in [0, 0.05) is 14.2 Å². The van der Waals surface area contributed by atoms with Crippen molar-refractivity contribution in [1.82, 2.24) is 0 Å².